The Labute approximate surface area is 94.5 Å². The number of aryl methyl sites for hydroxylation is 1. The number of hydrogen-bond donors (Lipinski definition) is 0. The SMILES string of the molecule is Cc1csc(CC2(C)CCC(Cl)C2)n1. The Morgan fingerprint density at radius 2 is 2.50 bits per heavy atom. The van der Waals surface area contributed by atoms with E-state index in [4.69, 9.17) is 11.6 Å². The van der Waals surface area contributed by atoms with E-state index >= 15 is 0 Å². The topological polar surface area (TPSA) is 12.9 Å². The van der Waals surface area contributed by atoms with Crippen molar-refractivity contribution in [1.82, 2.24) is 4.98 Å². The summed E-state index contributed by atoms with van der Waals surface area (Å²) in [6, 6.07) is 0. The van der Waals surface area contributed by atoms with E-state index in [0.29, 0.717) is 10.8 Å². The first-order valence-corrected chi connectivity index (χ1v) is 6.44. The van der Waals surface area contributed by atoms with E-state index in [2.05, 4.69) is 24.2 Å². The highest BCUT2D eigenvalue weighted by Crippen LogP contribution is 2.43. The molecule has 0 spiro atoms. The fraction of sp³-hybridized carbons (Fsp3) is 0.727. The molecule has 0 saturated heterocycles. The summed E-state index contributed by atoms with van der Waals surface area (Å²) in [4.78, 5) is 4.52. The zero-order chi connectivity index (χ0) is 10.2. The molecule has 0 bridgehead atoms. The van der Waals surface area contributed by atoms with Crippen molar-refractivity contribution in [2.45, 2.75) is 44.9 Å². The van der Waals surface area contributed by atoms with Crippen molar-refractivity contribution >= 4 is 22.9 Å². The van der Waals surface area contributed by atoms with Gasteiger partial charge in [-0.25, -0.2) is 4.98 Å². The standard InChI is InChI=1S/C11H16ClNS/c1-8-7-14-10(13-8)6-11(2)4-3-9(12)5-11/h7,9H,3-6H2,1-2H3. The van der Waals surface area contributed by atoms with Crippen LogP contribution in [0, 0.1) is 12.3 Å². The minimum atomic E-state index is 0.390. The number of alkyl halides is 1. The van der Waals surface area contributed by atoms with Crippen LogP contribution in [0.2, 0.25) is 0 Å². The smallest absolute Gasteiger partial charge is 0.0933 e. The molecule has 0 radical (unpaired) electrons. The minimum Gasteiger partial charge on any atom is -0.247 e. The number of thiazole rings is 1. The highest BCUT2D eigenvalue weighted by molar-refractivity contribution is 7.09. The normalized spacial score (nSPS) is 32.4. The lowest BCUT2D eigenvalue weighted by molar-refractivity contribution is 0.334. The van der Waals surface area contributed by atoms with Gasteiger partial charge in [-0.2, -0.15) is 0 Å². The molecule has 0 N–H and O–H groups in total. The summed E-state index contributed by atoms with van der Waals surface area (Å²) in [5, 5.41) is 3.79. The maximum absolute atomic E-state index is 6.15. The molecule has 1 nitrogen and oxygen atoms in total. The first-order valence-electron chi connectivity index (χ1n) is 5.12. The van der Waals surface area contributed by atoms with Crippen LogP contribution in [0.25, 0.3) is 0 Å². The van der Waals surface area contributed by atoms with Crippen molar-refractivity contribution in [3.8, 4) is 0 Å². The van der Waals surface area contributed by atoms with Crippen LogP contribution in [0.1, 0.15) is 36.9 Å². The van der Waals surface area contributed by atoms with E-state index < -0.39 is 0 Å². The molecule has 3 heteroatoms. The van der Waals surface area contributed by atoms with Gasteiger partial charge < -0.3 is 0 Å². The second-order valence-electron chi connectivity index (χ2n) is 4.71. The molecule has 1 saturated carbocycles. The molecule has 1 aromatic heterocycles. The molecule has 1 heterocycles. The van der Waals surface area contributed by atoms with Gasteiger partial charge in [-0.1, -0.05) is 6.92 Å². The van der Waals surface area contributed by atoms with Gasteiger partial charge in [0, 0.05) is 22.9 Å². The molecular weight excluding hydrogens is 214 g/mol. The van der Waals surface area contributed by atoms with Crippen LogP contribution < -0.4 is 0 Å². The predicted octanol–water partition coefficient (Wildman–Crippen LogP) is 3.79. The minimum absolute atomic E-state index is 0.390. The van der Waals surface area contributed by atoms with Crippen LogP contribution in [-0.4, -0.2) is 10.4 Å². The summed E-state index contributed by atoms with van der Waals surface area (Å²) in [5.74, 6) is 0. The number of halogens is 1. The van der Waals surface area contributed by atoms with Gasteiger partial charge in [-0.3, -0.25) is 0 Å². The van der Waals surface area contributed by atoms with Gasteiger partial charge in [0.1, 0.15) is 0 Å². The third-order valence-electron chi connectivity index (χ3n) is 3.02. The average Bonchev–Trinajstić information content (AvgIpc) is 2.60. The zero-order valence-electron chi connectivity index (χ0n) is 8.72. The fourth-order valence-corrected chi connectivity index (χ4v) is 3.72. The summed E-state index contributed by atoms with van der Waals surface area (Å²) in [7, 11) is 0. The van der Waals surface area contributed by atoms with E-state index in [0.717, 1.165) is 18.5 Å². The third kappa shape index (κ3) is 2.29. The first-order chi connectivity index (χ1) is 6.57. The zero-order valence-corrected chi connectivity index (χ0v) is 10.3. The van der Waals surface area contributed by atoms with E-state index in [9.17, 15) is 0 Å². The van der Waals surface area contributed by atoms with Crippen LogP contribution in [0.3, 0.4) is 0 Å². The second kappa shape index (κ2) is 3.82. The molecule has 1 aliphatic carbocycles. The molecular formula is C11H16ClNS. The van der Waals surface area contributed by atoms with Gasteiger partial charge in [0.15, 0.2) is 0 Å². The number of rotatable bonds is 2. The summed E-state index contributed by atoms with van der Waals surface area (Å²) in [6.45, 7) is 4.40. The first kappa shape index (κ1) is 10.4. The lowest BCUT2D eigenvalue weighted by atomic mass is 9.85. The highest BCUT2D eigenvalue weighted by Gasteiger charge is 2.34. The molecule has 0 amide bonds. The van der Waals surface area contributed by atoms with Gasteiger partial charge in [-0.05, 0) is 31.6 Å². The summed E-state index contributed by atoms with van der Waals surface area (Å²) in [6.07, 6.45) is 4.67. The maximum atomic E-state index is 6.15. The predicted molar refractivity (Wildman–Crippen MR) is 62.2 cm³/mol. The Kier molecular flexibility index (Phi) is 2.85. The molecule has 14 heavy (non-hydrogen) atoms. The van der Waals surface area contributed by atoms with Crippen molar-refractivity contribution in [1.29, 1.82) is 0 Å². The Bertz CT molecular complexity index is 323. The molecule has 2 unspecified atom stereocenters. The molecule has 78 valence electrons. The molecule has 1 aliphatic rings. The quantitative estimate of drug-likeness (QED) is 0.704. The Morgan fingerprint density at radius 3 is 3.00 bits per heavy atom. The maximum Gasteiger partial charge on any atom is 0.0933 e. The largest absolute Gasteiger partial charge is 0.247 e. The van der Waals surface area contributed by atoms with E-state index in [1.807, 2.05) is 0 Å². The van der Waals surface area contributed by atoms with Gasteiger partial charge in [0.25, 0.3) is 0 Å². The molecule has 0 aliphatic heterocycles. The van der Waals surface area contributed by atoms with Crippen LogP contribution in [0.5, 0.6) is 0 Å². The monoisotopic (exact) mass is 229 g/mol. The summed E-state index contributed by atoms with van der Waals surface area (Å²) < 4.78 is 0. The second-order valence-corrected chi connectivity index (χ2v) is 6.27. The fourth-order valence-electron chi connectivity index (χ4n) is 2.25. The van der Waals surface area contributed by atoms with Crippen LogP contribution in [0.15, 0.2) is 5.38 Å². The van der Waals surface area contributed by atoms with Crippen molar-refractivity contribution < 1.29 is 0 Å². The molecule has 0 aromatic carbocycles. The van der Waals surface area contributed by atoms with Gasteiger partial charge in [-0.15, -0.1) is 22.9 Å². The van der Waals surface area contributed by atoms with Crippen LogP contribution >= 0.6 is 22.9 Å². The highest BCUT2D eigenvalue weighted by atomic mass is 35.5. The summed E-state index contributed by atoms with van der Waals surface area (Å²) in [5.41, 5.74) is 1.55. The third-order valence-corrected chi connectivity index (χ3v) is 4.36. The lowest BCUT2D eigenvalue weighted by Crippen LogP contribution is -2.15. The molecule has 1 aromatic rings. The van der Waals surface area contributed by atoms with E-state index in [1.54, 1.807) is 11.3 Å². The van der Waals surface area contributed by atoms with Gasteiger partial charge >= 0.3 is 0 Å². The van der Waals surface area contributed by atoms with Gasteiger partial charge in [0.2, 0.25) is 0 Å². The summed E-state index contributed by atoms with van der Waals surface area (Å²) >= 11 is 7.93. The Hall–Kier alpha value is -0.0800. The van der Waals surface area contributed by atoms with E-state index in [1.165, 1.54) is 17.8 Å². The Balaban J connectivity index is 2.03. The number of hydrogen-bond acceptors (Lipinski definition) is 2. The van der Waals surface area contributed by atoms with Crippen molar-refractivity contribution in [2.24, 2.45) is 5.41 Å². The molecule has 2 rings (SSSR count). The van der Waals surface area contributed by atoms with Crippen LogP contribution in [-0.2, 0) is 6.42 Å². The number of nitrogens with zero attached hydrogens (tertiary/aromatic N) is 1. The number of aromatic nitrogens is 1. The Morgan fingerprint density at radius 1 is 1.71 bits per heavy atom. The van der Waals surface area contributed by atoms with Crippen molar-refractivity contribution in [3.05, 3.63) is 16.1 Å². The molecule has 1 fully saturated rings. The van der Waals surface area contributed by atoms with Crippen LogP contribution in [0.4, 0.5) is 0 Å². The average molecular weight is 230 g/mol. The van der Waals surface area contributed by atoms with Gasteiger partial charge in [0.05, 0.1) is 5.01 Å². The van der Waals surface area contributed by atoms with E-state index in [-0.39, 0.29) is 0 Å². The lowest BCUT2D eigenvalue weighted by Gasteiger charge is -2.21. The van der Waals surface area contributed by atoms with Crippen molar-refractivity contribution in [3.63, 3.8) is 0 Å². The molecule has 2 atom stereocenters. The van der Waals surface area contributed by atoms with Crippen molar-refractivity contribution in [2.75, 3.05) is 0 Å².